The third-order valence-electron chi connectivity index (χ3n) is 7.48. The van der Waals surface area contributed by atoms with Crippen molar-refractivity contribution in [2.45, 2.75) is 55.8 Å². The Morgan fingerprint density at radius 2 is 1.92 bits per heavy atom. The maximum atomic E-state index is 13.0. The molecule has 1 aliphatic heterocycles. The predicted molar refractivity (Wildman–Crippen MR) is 133 cm³/mol. The van der Waals surface area contributed by atoms with Gasteiger partial charge in [-0.15, -0.1) is 0 Å². The summed E-state index contributed by atoms with van der Waals surface area (Å²) in [6, 6.07) is 11.7. The first kappa shape index (κ1) is 26.9. The molecule has 2 aliphatic rings. The van der Waals surface area contributed by atoms with Gasteiger partial charge < -0.3 is 20.1 Å². The fourth-order valence-electron chi connectivity index (χ4n) is 5.75. The number of piperidine rings is 1. The van der Waals surface area contributed by atoms with Gasteiger partial charge in [-0.3, -0.25) is 9.59 Å². The number of halogens is 3. The molecule has 2 aromatic rings. The zero-order valence-corrected chi connectivity index (χ0v) is 20.8. The van der Waals surface area contributed by atoms with E-state index in [0.29, 0.717) is 38.0 Å². The highest BCUT2D eigenvalue weighted by Gasteiger charge is 2.57. The van der Waals surface area contributed by atoms with Crippen molar-refractivity contribution in [3.63, 3.8) is 0 Å². The lowest BCUT2D eigenvalue weighted by Crippen LogP contribution is -2.66. The minimum absolute atomic E-state index is 0.250. The molecule has 1 saturated carbocycles. The molecule has 1 saturated heterocycles. The second-order valence-corrected chi connectivity index (χ2v) is 10.1. The molecule has 3 atom stereocenters. The first-order valence-corrected chi connectivity index (χ1v) is 12.3. The highest BCUT2D eigenvalue weighted by atomic mass is 19.4. The molecule has 2 N–H and O–H groups in total. The maximum absolute atomic E-state index is 13.0. The molecular weight excluding hydrogens is 485 g/mol. The van der Waals surface area contributed by atoms with E-state index in [1.807, 2.05) is 13.1 Å². The van der Waals surface area contributed by atoms with Crippen LogP contribution in [0.5, 0.6) is 5.75 Å². The first-order chi connectivity index (χ1) is 17.4. The van der Waals surface area contributed by atoms with Crippen molar-refractivity contribution >= 4 is 18.0 Å². The highest BCUT2D eigenvalue weighted by molar-refractivity contribution is 5.92. The summed E-state index contributed by atoms with van der Waals surface area (Å²) in [5.41, 5.74) is -1.36. The minimum Gasteiger partial charge on any atom is -0.427 e. The third kappa shape index (κ3) is 5.88. The SMILES string of the molecule is CC(=O)Oc1cccc(C23CCN(C)CC2(O)CCC(NC(=O)C=Cc2cccc(C(F)(F)F)c2)C3)c1. The summed E-state index contributed by atoms with van der Waals surface area (Å²) >= 11 is 0. The number of alkyl halides is 3. The standard InChI is InChI=1S/C28H31F3N2O4/c1-19(34)37-24-8-4-6-21(16-24)26-13-14-33(2)18-27(26,36)12-11-23(17-26)32-25(35)10-9-20-5-3-7-22(15-20)28(29,30)31/h3-10,15-16,23,36H,11-14,17-18H2,1-2H3,(H,32,35). The monoisotopic (exact) mass is 516 g/mol. The average molecular weight is 517 g/mol. The number of ether oxygens (including phenoxy) is 1. The molecule has 0 bridgehead atoms. The molecule has 1 heterocycles. The third-order valence-corrected chi connectivity index (χ3v) is 7.48. The number of rotatable bonds is 5. The van der Waals surface area contributed by atoms with Gasteiger partial charge >= 0.3 is 12.1 Å². The highest BCUT2D eigenvalue weighted by Crippen LogP contribution is 2.52. The number of likely N-dealkylation sites (N-methyl/N-ethyl adjacent to an activating group) is 1. The minimum atomic E-state index is -4.46. The van der Waals surface area contributed by atoms with Crippen molar-refractivity contribution < 1.29 is 32.6 Å². The van der Waals surface area contributed by atoms with Crippen LogP contribution < -0.4 is 10.1 Å². The lowest BCUT2D eigenvalue weighted by atomic mass is 9.55. The number of nitrogens with zero attached hydrogens (tertiary/aromatic N) is 1. The molecule has 0 aromatic heterocycles. The second kappa shape index (κ2) is 10.3. The Labute approximate surface area is 214 Å². The fraction of sp³-hybridized carbons (Fsp3) is 0.429. The number of amides is 1. The topological polar surface area (TPSA) is 78.9 Å². The fourth-order valence-corrected chi connectivity index (χ4v) is 5.75. The van der Waals surface area contributed by atoms with Crippen LogP contribution in [0.25, 0.3) is 6.08 Å². The number of nitrogens with one attached hydrogen (secondary N) is 1. The molecule has 4 rings (SSSR count). The zero-order chi connectivity index (χ0) is 26.8. The van der Waals surface area contributed by atoms with Crippen LogP contribution in [0.15, 0.2) is 54.6 Å². The summed E-state index contributed by atoms with van der Waals surface area (Å²) in [4.78, 5) is 26.3. The lowest BCUT2D eigenvalue weighted by molar-refractivity contribution is -0.137. The van der Waals surface area contributed by atoms with Crippen LogP contribution in [-0.2, 0) is 21.2 Å². The van der Waals surface area contributed by atoms with Gasteiger partial charge in [0, 0.05) is 31.0 Å². The normalized spacial score (nSPS) is 26.5. The van der Waals surface area contributed by atoms with Crippen LogP contribution in [0.4, 0.5) is 13.2 Å². The van der Waals surface area contributed by atoms with Gasteiger partial charge in [-0.25, -0.2) is 0 Å². The van der Waals surface area contributed by atoms with Crippen molar-refractivity contribution in [3.05, 3.63) is 71.3 Å². The average Bonchev–Trinajstić information content (AvgIpc) is 2.82. The van der Waals surface area contributed by atoms with Crippen LogP contribution >= 0.6 is 0 Å². The molecule has 9 heteroatoms. The molecule has 0 radical (unpaired) electrons. The number of hydrogen-bond donors (Lipinski definition) is 2. The van der Waals surface area contributed by atoms with Gasteiger partial charge in [-0.05, 0) is 80.7 Å². The summed E-state index contributed by atoms with van der Waals surface area (Å²) in [7, 11) is 1.96. The van der Waals surface area contributed by atoms with Crippen LogP contribution in [0.1, 0.15) is 49.3 Å². The van der Waals surface area contributed by atoms with E-state index in [-0.39, 0.29) is 11.6 Å². The van der Waals surface area contributed by atoms with E-state index in [2.05, 4.69) is 10.2 Å². The number of carbonyl (C=O) groups excluding carboxylic acids is 2. The number of likely N-dealkylation sites (tertiary alicyclic amines) is 1. The summed E-state index contributed by atoms with van der Waals surface area (Å²) < 4.78 is 44.2. The molecular formula is C28H31F3N2O4. The van der Waals surface area contributed by atoms with E-state index in [0.717, 1.165) is 24.2 Å². The number of aliphatic hydroxyl groups is 1. The van der Waals surface area contributed by atoms with Crippen LogP contribution in [0, 0.1) is 0 Å². The first-order valence-electron chi connectivity index (χ1n) is 12.3. The molecule has 198 valence electrons. The molecule has 6 nitrogen and oxygen atoms in total. The van der Waals surface area contributed by atoms with E-state index >= 15 is 0 Å². The smallest absolute Gasteiger partial charge is 0.416 e. The molecule has 0 spiro atoms. The molecule has 2 aromatic carbocycles. The molecule has 1 amide bonds. The predicted octanol–water partition coefficient (Wildman–Crippen LogP) is 4.32. The Kier molecular flexibility index (Phi) is 7.48. The van der Waals surface area contributed by atoms with E-state index in [1.54, 1.807) is 18.2 Å². The van der Waals surface area contributed by atoms with E-state index in [1.165, 1.54) is 31.2 Å². The van der Waals surface area contributed by atoms with Crippen molar-refractivity contribution in [1.82, 2.24) is 10.2 Å². The van der Waals surface area contributed by atoms with Gasteiger partial charge in [0.15, 0.2) is 0 Å². The number of carbonyl (C=O) groups is 2. The largest absolute Gasteiger partial charge is 0.427 e. The van der Waals surface area contributed by atoms with Gasteiger partial charge in [0.1, 0.15) is 5.75 Å². The number of esters is 1. The van der Waals surface area contributed by atoms with Crippen LogP contribution in [0.2, 0.25) is 0 Å². The summed E-state index contributed by atoms with van der Waals surface area (Å²) in [5, 5.41) is 14.8. The van der Waals surface area contributed by atoms with E-state index in [4.69, 9.17) is 4.74 Å². The van der Waals surface area contributed by atoms with Gasteiger partial charge in [0.05, 0.1) is 11.2 Å². The van der Waals surface area contributed by atoms with E-state index in [9.17, 15) is 27.9 Å². The van der Waals surface area contributed by atoms with E-state index < -0.39 is 34.6 Å². The van der Waals surface area contributed by atoms with Crippen molar-refractivity contribution in [2.24, 2.45) is 0 Å². The Bertz CT molecular complexity index is 1200. The summed E-state index contributed by atoms with van der Waals surface area (Å²) in [5.74, 6) is -0.449. The van der Waals surface area contributed by atoms with Gasteiger partial charge in [0.25, 0.3) is 0 Å². The second-order valence-electron chi connectivity index (χ2n) is 10.1. The van der Waals surface area contributed by atoms with Crippen LogP contribution in [0.3, 0.4) is 0 Å². The summed E-state index contributed by atoms with van der Waals surface area (Å²) in [6.07, 6.45) is 0.271. The Balaban J connectivity index is 1.54. The lowest BCUT2D eigenvalue weighted by Gasteiger charge is -2.57. The molecule has 2 fully saturated rings. The molecule has 37 heavy (non-hydrogen) atoms. The van der Waals surface area contributed by atoms with Gasteiger partial charge in [-0.1, -0.05) is 24.3 Å². The Morgan fingerprint density at radius 3 is 2.65 bits per heavy atom. The number of fused-ring (bicyclic) bond motifs is 1. The Hall–Kier alpha value is -3.17. The van der Waals surface area contributed by atoms with Gasteiger partial charge in [0.2, 0.25) is 5.91 Å². The summed E-state index contributed by atoms with van der Waals surface area (Å²) in [6.45, 7) is 2.55. The molecule has 3 unspecified atom stereocenters. The number of β-amino-alcohol motifs (C(OH)–C–C–N with tert-alkyl or cyclic N) is 1. The number of hydrogen-bond acceptors (Lipinski definition) is 5. The van der Waals surface area contributed by atoms with Crippen molar-refractivity contribution in [3.8, 4) is 5.75 Å². The maximum Gasteiger partial charge on any atom is 0.416 e. The Morgan fingerprint density at radius 1 is 1.16 bits per heavy atom. The van der Waals surface area contributed by atoms with Crippen molar-refractivity contribution in [1.29, 1.82) is 0 Å². The van der Waals surface area contributed by atoms with Gasteiger partial charge in [-0.2, -0.15) is 13.2 Å². The van der Waals surface area contributed by atoms with Crippen LogP contribution in [-0.4, -0.2) is 53.7 Å². The van der Waals surface area contributed by atoms with Crippen molar-refractivity contribution in [2.75, 3.05) is 20.1 Å². The quantitative estimate of drug-likeness (QED) is 0.352. The zero-order valence-electron chi connectivity index (χ0n) is 20.8. The molecule has 1 aliphatic carbocycles. The number of benzene rings is 2.